The Labute approximate surface area is 135 Å². The number of nitrogens with one attached hydrogen (secondary N) is 1. The standard InChI is InChI=1S/C18H19N3O2/c1-3-11-20-17(22)14-10-12-19-16(13-14)18(23)21(4-2)15-8-6-5-7-9-15/h3,5-10,12-13H,1,4,11H2,2H3,(H,20,22). The van der Waals surface area contributed by atoms with E-state index in [-0.39, 0.29) is 17.5 Å². The van der Waals surface area contributed by atoms with Crippen molar-refractivity contribution >= 4 is 17.5 Å². The van der Waals surface area contributed by atoms with Crippen LogP contribution in [0.15, 0.2) is 61.3 Å². The maximum Gasteiger partial charge on any atom is 0.276 e. The van der Waals surface area contributed by atoms with Crippen LogP contribution >= 0.6 is 0 Å². The summed E-state index contributed by atoms with van der Waals surface area (Å²) in [5.41, 5.74) is 1.43. The van der Waals surface area contributed by atoms with Crippen LogP contribution in [0.25, 0.3) is 0 Å². The van der Waals surface area contributed by atoms with E-state index in [0.29, 0.717) is 18.7 Å². The van der Waals surface area contributed by atoms with Gasteiger partial charge in [-0.15, -0.1) is 6.58 Å². The summed E-state index contributed by atoms with van der Waals surface area (Å²) in [5, 5.41) is 2.68. The number of nitrogens with zero attached hydrogens (tertiary/aromatic N) is 2. The number of anilines is 1. The maximum atomic E-state index is 12.7. The van der Waals surface area contributed by atoms with E-state index in [2.05, 4.69) is 16.9 Å². The molecule has 1 aromatic carbocycles. The van der Waals surface area contributed by atoms with Crippen LogP contribution in [-0.2, 0) is 0 Å². The number of pyridine rings is 1. The van der Waals surface area contributed by atoms with Crippen LogP contribution in [0.1, 0.15) is 27.8 Å². The minimum atomic E-state index is -0.260. The minimum absolute atomic E-state index is 0.238. The Hall–Kier alpha value is -2.95. The first kappa shape index (κ1) is 16.4. The van der Waals surface area contributed by atoms with E-state index in [0.717, 1.165) is 5.69 Å². The quantitative estimate of drug-likeness (QED) is 0.834. The summed E-state index contributed by atoms with van der Waals surface area (Å²) < 4.78 is 0. The van der Waals surface area contributed by atoms with Crippen LogP contribution in [0.2, 0.25) is 0 Å². The molecular formula is C18H19N3O2. The van der Waals surface area contributed by atoms with E-state index in [9.17, 15) is 9.59 Å². The first-order valence-electron chi connectivity index (χ1n) is 7.39. The second kappa shape index (κ2) is 7.89. The lowest BCUT2D eigenvalue weighted by atomic mass is 10.2. The summed E-state index contributed by atoms with van der Waals surface area (Å²) in [6.45, 7) is 6.33. The molecule has 2 amide bonds. The van der Waals surface area contributed by atoms with Gasteiger partial charge in [-0.3, -0.25) is 14.6 Å². The topological polar surface area (TPSA) is 62.3 Å². The fourth-order valence-electron chi connectivity index (χ4n) is 2.15. The van der Waals surface area contributed by atoms with Crippen LogP contribution in [0.3, 0.4) is 0 Å². The molecule has 0 saturated heterocycles. The molecule has 0 atom stereocenters. The second-order valence-corrected chi connectivity index (χ2v) is 4.81. The fourth-order valence-corrected chi connectivity index (χ4v) is 2.15. The second-order valence-electron chi connectivity index (χ2n) is 4.81. The SMILES string of the molecule is C=CCNC(=O)c1ccnc(C(=O)N(CC)c2ccccc2)c1. The molecule has 0 radical (unpaired) electrons. The highest BCUT2D eigenvalue weighted by Gasteiger charge is 2.18. The number of hydrogen-bond acceptors (Lipinski definition) is 3. The molecule has 0 bridgehead atoms. The van der Waals surface area contributed by atoms with Crippen molar-refractivity contribution in [2.45, 2.75) is 6.92 Å². The summed E-state index contributed by atoms with van der Waals surface area (Å²) in [4.78, 5) is 30.4. The van der Waals surface area contributed by atoms with Gasteiger partial charge in [0.2, 0.25) is 0 Å². The van der Waals surface area contributed by atoms with Gasteiger partial charge in [0.25, 0.3) is 11.8 Å². The predicted molar refractivity (Wildman–Crippen MR) is 90.6 cm³/mol. The molecule has 0 fully saturated rings. The summed E-state index contributed by atoms with van der Waals surface area (Å²) in [6, 6.07) is 12.4. The van der Waals surface area contributed by atoms with Gasteiger partial charge < -0.3 is 10.2 Å². The van der Waals surface area contributed by atoms with E-state index >= 15 is 0 Å². The van der Waals surface area contributed by atoms with Crippen molar-refractivity contribution in [1.82, 2.24) is 10.3 Å². The Morgan fingerprint density at radius 3 is 2.65 bits per heavy atom. The first-order valence-corrected chi connectivity index (χ1v) is 7.39. The third-order valence-electron chi connectivity index (χ3n) is 3.28. The van der Waals surface area contributed by atoms with Crippen LogP contribution in [-0.4, -0.2) is 29.9 Å². The number of para-hydroxylation sites is 1. The summed E-state index contributed by atoms with van der Waals surface area (Å²) in [6.07, 6.45) is 3.06. The summed E-state index contributed by atoms with van der Waals surface area (Å²) in [5.74, 6) is -0.499. The third kappa shape index (κ3) is 4.03. The number of benzene rings is 1. The van der Waals surface area contributed by atoms with E-state index in [1.165, 1.54) is 12.3 Å². The molecule has 0 aliphatic carbocycles. The highest BCUT2D eigenvalue weighted by molar-refractivity contribution is 6.06. The van der Waals surface area contributed by atoms with Crippen LogP contribution in [0.4, 0.5) is 5.69 Å². The molecule has 0 aliphatic heterocycles. The molecule has 5 nitrogen and oxygen atoms in total. The molecule has 23 heavy (non-hydrogen) atoms. The molecule has 0 saturated carbocycles. The molecule has 1 N–H and O–H groups in total. The number of carbonyl (C=O) groups is 2. The minimum Gasteiger partial charge on any atom is -0.349 e. The van der Waals surface area contributed by atoms with Gasteiger partial charge in [0.15, 0.2) is 0 Å². The predicted octanol–water partition coefficient (Wildman–Crippen LogP) is 2.66. The monoisotopic (exact) mass is 309 g/mol. The number of hydrogen-bond donors (Lipinski definition) is 1. The molecule has 5 heteroatoms. The molecule has 0 spiro atoms. The lowest BCUT2D eigenvalue weighted by Crippen LogP contribution is -2.31. The molecule has 0 aliphatic rings. The molecular weight excluding hydrogens is 290 g/mol. The Bertz CT molecular complexity index is 698. The highest BCUT2D eigenvalue weighted by atomic mass is 16.2. The van der Waals surface area contributed by atoms with Crippen LogP contribution < -0.4 is 10.2 Å². The van der Waals surface area contributed by atoms with Crippen molar-refractivity contribution in [3.8, 4) is 0 Å². The molecule has 2 aromatic rings. The normalized spacial score (nSPS) is 9.96. The van der Waals surface area contributed by atoms with Crippen molar-refractivity contribution in [2.75, 3.05) is 18.0 Å². The number of carbonyl (C=O) groups excluding carboxylic acids is 2. The van der Waals surface area contributed by atoms with Crippen molar-refractivity contribution < 1.29 is 9.59 Å². The molecule has 118 valence electrons. The molecule has 2 rings (SSSR count). The van der Waals surface area contributed by atoms with Gasteiger partial charge in [-0.05, 0) is 31.2 Å². The average Bonchev–Trinajstić information content (AvgIpc) is 2.61. The van der Waals surface area contributed by atoms with Crippen molar-refractivity contribution in [2.24, 2.45) is 0 Å². The number of aromatic nitrogens is 1. The van der Waals surface area contributed by atoms with Crippen molar-refractivity contribution in [3.63, 3.8) is 0 Å². The maximum absolute atomic E-state index is 12.7. The zero-order valence-corrected chi connectivity index (χ0v) is 13.0. The molecule has 1 aromatic heterocycles. The van der Waals surface area contributed by atoms with E-state index in [1.54, 1.807) is 17.0 Å². The van der Waals surface area contributed by atoms with Crippen LogP contribution in [0.5, 0.6) is 0 Å². The Balaban J connectivity index is 2.25. The molecule has 1 heterocycles. The number of amides is 2. The lowest BCUT2D eigenvalue weighted by Gasteiger charge is -2.20. The Morgan fingerprint density at radius 1 is 1.26 bits per heavy atom. The fraction of sp³-hybridized carbons (Fsp3) is 0.167. The molecule has 0 unspecified atom stereocenters. The van der Waals surface area contributed by atoms with Crippen molar-refractivity contribution in [3.05, 3.63) is 72.6 Å². The van der Waals surface area contributed by atoms with E-state index in [4.69, 9.17) is 0 Å². The smallest absolute Gasteiger partial charge is 0.276 e. The number of rotatable bonds is 6. The largest absolute Gasteiger partial charge is 0.349 e. The van der Waals surface area contributed by atoms with Gasteiger partial charge in [0.1, 0.15) is 5.69 Å². The van der Waals surface area contributed by atoms with Gasteiger partial charge in [-0.2, -0.15) is 0 Å². The highest BCUT2D eigenvalue weighted by Crippen LogP contribution is 2.16. The van der Waals surface area contributed by atoms with Crippen molar-refractivity contribution in [1.29, 1.82) is 0 Å². The summed E-state index contributed by atoms with van der Waals surface area (Å²) in [7, 11) is 0. The van der Waals surface area contributed by atoms with E-state index in [1.807, 2.05) is 37.3 Å². The zero-order chi connectivity index (χ0) is 16.7. The van der Waals surface area contributed by atoms with Gasteiger partial charge >= 0.3 is 0 Å². The van der Waals surface area contributed by atoms with E-state index < -0.39 is 0 Å². The Kier molecular flexibility index (Phi) is 5.63. The lowest BCUT2D eigenvalue weighted by molar-refractivity contribution is 0.0958. The Morgan fingerprint density at radius 2 is 2.00 bits per heavy atom. The van der Waals surface area contributed by atoms with Gasteiger partial charge in [-0.25, -0.2) is 0 Å². The van der Waals surface area contributed by atoms with Crippen LogP contribution in [0, 0.1) is 0 Å². The first-order chi connectivity index (χ1) is 11.2. The zero-order valence-electron chi connectivity index (χ0n) is 13.0. The summed E-state index contributed by atoms with van der Waals surface area (Å²) >= 11 is 0. The van der Waals surface area contributed by atoms with Gasteiger partial charge in [0, 0.05) is 30.5 Å². The third-order valence-corrected chi connectivity index (χ3v) is 3.28. The average molecular weight is 309 g/mol. The van der Waals surface area contributed by atoms with Gasteiger partial charge in [0.05, 0.1) is 0 Å². The van der Waals surface area contributed by atoms with Gasteiger partial charge in [-0.1, -0.05) is 24.3 Å².